The molecule has 1 aromatic rings. The summed E-state index contributed by atoms with van der Waals surface area (Å²) in [5.41, 5.74) is 0.902. The molecule has 102 valence electrons. The Bertz CT molecular complexity index is 506. The predicted octanol–water partition coefficient (Wildman–Crippen LogP) is 1.47. The number of hydrogen-bond donors (Lipinski definition) is 1. The smallest absolute Gasteiger partial charge is 0.246 e. The number of piperazine rings is 1. The Morgan fingerprint density at radius 2 is 2.16 bits per heavy atom. The summed E-state index contributed by atoms with van der Waals surface area (Å²) in [5, 5.41) is 2.74. The third kappa shape index (κ3) is 2.94. The van der Waals surface area contributed by atoms with Gasteiger partial charge in [-0.25, -0.2) is 0 Å². The van der Waals surface area contributed by atoms with Crippen LogP contribution in [0.4, 0.5) is 0 Å². The first-order valence-electron chi connectivity index (χ1n) is 6.23. The number of nitrogens with zero attached hydrogens (tertiary/aromatic N) is 2. The van der Waals surface area contributed by atoms with Crippen LogP contribution >= 0.6 is 15.9 Å². The number of hydrogen-bond acceptors (Lipinski definition) is 3. The van der Waals surface area contributed by atoms with Gasteiger partial charge in [0, 0.05) is 23.4 Å². The van der Waals surface area contributed by atoms with Crippen LogP contribution in [0.25, 0.3) is 0 Å². The quantitative estimate of drug-likeness (QED) is 0.915. The third-order valence-corrected chi connectivity index (χ3v) is 3.70. The summed E-state index contributed by atoms with van der Waals surface area (Å²) in [6.07, 6.45) is 4.00. The molecular weight excluding hydrogens is 310 g/mol. The fourth-order valence-corrected chi connectivity index (χ4v) is 2.53. The van der Waals surface area contributed by atoms with Gasteiger partial charge in [0.05, 0.1) is 0 Å². The van der Waals surface area contributed by atoms with Gasteiger partial charge in [-0.2, -0.15) is 0 Å². The van der Waals surface area contributed by atoms with Crippen molar-refractivity contribution in [1.82, 2.24) is 15.2 Å². The van der Waals surface area contributed by atoms with Crippen molar-refractivity contribution in [2.75, 3.05) is 0 Å². The lowest BCUT2D eigenvalue weighted by atomic mass is 10.1. The summed E-state index contributed by atoms with van der Waals surface area (Å²) in [6, 6.07) is 1.04. The van der Waals surface area contributed by atoms with E-state index in [4.69, 9.17) is 0 Å². The Balaban J connectivity index is 2.21. The maximum atomic E-state index is 12.3. The Labute approximate surface area is 120 Å². The number of rotatable bonds is 3. The van der Waals surface area contributed by atoms with Crippen molar-refractivity contribution in [3.05, 3.63) is 28.5 Å². The van der Waals surface area contributed by atoms with E-state index in [2.05, 4.69) is 26.2 Å². The zero-order valence-electron chi connectivity index (χ0n) is 10.9. The van der Waals surface area contributed by atoms with Crippen LogP contribution in [0.2, 0.25) is 0 Å². The normalized spacial score (nSPS) is 23.4. The van der Waals surface area contributed by atoms with Gasteiger partial charge < -0.3 is 10.2 Å². The van der Waals surface area contributed by atoms with Crippen molar-refractivity contribution < 1.29 is 9.59 Å². The third-order valence-electron chi connectivity index (χ3n) is 3.27. The minimum Gasteiger partial charge on any atom is -0.343 e. The highest BCUT2D eigenvalue weighted by Gasteiger charge is 2.36. The number of amides is 2. The van der Waals surface area contributed by atoms with Crippen LogP contribution in [0.5, 0.6) is 0 Å². The minimum atomic E-state index is -0.450. The van der Waals surface area contributed by atoms with E-state index >= 15 is 0 Å². The number of carbonyl (C=O) groups excluding carboxylic acids is 2. The average molecular weight is 326 g/mol. The second-order valence-electron chi connectivity index (χ2n) is 4.62. The Morgan fingerprint density at radius 1 is 1.42 bits per heavy atom. The summed E-state index contributed by atoms with van der Waals surface area (Å²) in [4.78, 5) is 29.8. The van der Waals surface area contributed by atoms with E-state index < -0.39 is 12.1 Å². The fraction of sp³-hybridized carbons (Fsp3) is 0.462. The molecular formula is C13H16BrN3O2. The van der Waals surface area contributed by atoms with Gasteiger partial charge in [0.15, 0.2) is 0 Å². The van der Waals surface area contributed by atoms with E-state index in [-0.39, 0.29) is 11.8 Å². The molecule has 0 saturated carbocycles. The average Bonchev–Trinajstić information content (AvgIpc) is 2.39. The van der Waals surface area contributed by atoms with Gasteiger partial charge >= 0.3 is 0 Å². The first-order chi connectivity index (χ1) is 9.02. The van der Waals surface area contributed by atoms with Crippen LogP contribution in [0.1, 0.15) is 25.8 Å². The van der Waals surface area contributed by atoms with Crippen molar-refractivity contribution in [3.63, 3.8) is 0 Å². The monoisotopic (exact) mass is 325 g/mol. The lowest BCUT2D eigenvalue weighted by Gasteiger charge is -2.37. The highest BCUT2D eigenvalue weighted by atomic mass is 79.9. The fourth-order valence-electron chi connectivity index (χ4n) is 2.12. The molecule has 5 nitrogen and oxygen atoms in total. The van der Waals surface area contributed by atoms with Crippen LogP contribution in [0.15, 0.2) is 22.9 Å². The number of carbonyl (C=O) groups is 2. The molecule has 2 atom stereocenters. The van der Waals surface area contributed by atoms with Crippen LogP contribution < -0.4 is 5.32 Å². The van der Waals surface area contributed by atoms with E-state index in [1.807, 2.05) is 13.0 Å². The maximum absolute atomic E-state index is 12.3. The summed E-state index contributed by atoms with van der Waals surface area (Å²) in [6.45, 7) is 4.03. The van der Waals surface area contributed by atoms with Crippen LogP contribution in [0, 0.1) is 0 Å². The molecule has 2 rings (SSSR count). The standard InChI is InChI=1S/C13H16BrN3O2/c1-3-11-13(19)17(8(2)12(18)16-11)7-9-4-10(14)6-15-5-9/h4-6,8,11H,3,7H2,1-2H3,(H,16,18). The molecule has 1 N–H and O–H groups in total. The van der Waals surface area contributed by atoms with Crippen molar-refractivity contribution in [1.29, 1.82) is 0 Å². The molecule has 0 aliphatic carbocycles. The van der Waals surface area contributed by atoms with Gasteiger partial charge in [0.1, 0.15) is 12.1 Å². The second kappa shape index (κ2) is 5.69. The van der Waals surface area contributed by atoms with Crippen LogP contribution in [-0.4, -0.2) is 33.8 Å². The highest BCUT2D eigenvalue weighted by molar-refractivity contribution is 9.10. The molecule has 0 radical (unpaired) electrons. The number of pyridine rings is 1. The first-order valence-corrected chi connectivity index (χ1v) is 7.02. The lowest BCUT2D eigenvalue weighted by Crippen LogP contribution is -2.61. The molecule has 1 fully saturated rings. The topological polar surface area (TPSA) is 62.3 Å². The molecule has 0 bridgehead atoms. The summed E-state index contributed by atoms with van der Waals surface area (Å²) in [7, 11) is 0. The molecule has 6 heteroatoms. The Kier molecular flexibility index (Phi) is 4.19. The van der Waals surface area contributed by atoms with Crippen molar-refractivity contribution >= 4 is 27.7 Å². The van der Waals surface area contributed by atoms with E-state index in [1.54, 1.807) is 24.2 Å². The molecule has 2 unspecified atom stereocenters. The molecule has 0 aromatic carbocycles. The molecule has 1 saturated heterocycles. The number of nitrogens with one attached hydrogen (secondary N) is 1. The van der Waals surface area contributed by atoms with Crippen molar-refractivity contribution in [2.45, 2.75) is 38.9 Å². The van der Waals surface area contributed by atoms with Gasteiger partial charge in [-0.3, -0.25) is 14.6 Å². The largest absolute Gasteiger partial charge is 0.343 e. The molecule has 2 heterocycles. The molecule has 1 aliphatic heterocycles. The van der Waals surface area contributed by atoms with Gasteiger partial charge in [-0.15, -0.1) is 0 Å². The Morgan fingerprint density at radius 3 is 2.79 bits per heavy atom. The molecule has 2 amide bonds. The van der Waals surface area contributed by atoms with E-state index in [0.717, 1.165) is 10.0 Å². The lowest BCUT2D eigenvalue weighted by molar-refractivity contribution is -0.149. The van der Waals surface area contributed by atoms with Crippen LogP contribution in [0.3, 0.4) is 0 Å². The highest BCUT2D eigenvalue weighted by Crippen LogP contribution is 2.17. The Hall–Kier alpha value is -1.43. The molecule has 1 aromatic heterocycles. The van der Waals surface area contributed by atoms with E-state index in [1.165, 1.54) is 0 Å². The number of aromatic nitrogens is 1. The summed E-state index contributed by atoms with van der Waals surface area (Å²) in [5.74, 6) is -0.135. The second-order valence-corrected chi connectivity index (χ2v) is 5.54. The molecule has 0 spiro atoms. The van der Waals surface area contributed by atoms with E-state index in [0.29, 0.717) is 13.0 Å². The predicted molar refractivity (Wildman–Crippen MR) is 74.2 cm³/mol. The van der Waals surface area contributed by atoms with E-state index in [9.17, 15) is 9.59 Å². The zero-order valence-corrected chi connectivity index (χ0v) is 12.5. The number of halogens is 1. The van der Waals surface area contributed by atoms with Gasteiger partial charge in [-0.1, -0.05) is 6.92 Å². The zero-order chi connectivity index (χ0) is 14.0. The maximum Gasteiger partial charge on any atom is 0.246 e. The van der Waals surface area contributed by atoms with Crippen molar-refractivity contribution in [2.24, 2.45) is 0 Å². The molecule has 1 aliphatic rings. The SMILES string of the molecule is CCC1NC(=O)C(C)N(Cc2cncc(Br)c2)C1=O. The van der Waals surface area contributed by atoms with Gasteiger partial charge in [0.25, 0.3) is 0 Å². The minimum absolute atomic E-state index is 0.0328. The van der Waals surface area contributed by atoms with Crippen molar-refractivity contribution in [3.8, 4) is 0 Å². The van der Waals surface area contributed by atoms with Crippen LogP contribution in [-0.2, 0) is 16.1 Å². The summed E-state index contributed by atoms with van der Waals surface area (Å²) >= 11 is 3.35. The van der Waals surface area contributed by atoms with Gasteiger partial charge in [-0.05, 0) is 40.9 Å². The van der Waals surface area contributed by atoms with Gasteiger partial charge in [0.2, 0.25) is 11.8 Å². The molecule has 19 heavy (non-hydrogen) atoms. The summed E-state index contributed by atoms with van der Waals surface area (Å²) < 4.78 is 0.860. The first kappa shape index (κ1) is 14.0.